The van der Waals surface area contributed by atoms with E-state index in [1.54, 1.807) is 12.1 Å². The summed E-state index contributed by atoms with van der Waals surface area (Å²) in [5.41, 5.74) is 5.40. The van der Waals surface area contributed by atoms with Gasteiger partial charge in [-0.25, -0.2) is 0 Å². The molecule has 0 aromatic heterocycles. The molecular weight excluding hydrogens is 196 g/mol. The van der Waals surface area contributed by atoms with Crippen molar-refractivity contribution in [1.29, 1.82) is 0 Å². The summed E-state index contributed by atoms with van der Waals surface area (Å²) < 4.78 is 5.36. The van der Waals surface area contributed by atoms with Crippen molar-refractivity contribution in [3.63, 3.8) is 0 Å². The first kappa shape index (κ1) is 11.5. The average Bonchev–Trinajstić information content (AvgIpc) is 2.25. The maximum absolute atomic E-state index is 10.4. The van der Waals surface area contributed by atoms with Crippen LogP contribution in [0.2, 0.25) is 0 Å². The van der Waals surface area contributed by atoms with Crippen LogP contribution in [0, 0.1) is 10.1 Å². The van der Waals surface area contributed by atoms with Gasteiger partial charge in [-0.05, 0) is 31.5 Å². The highest BCUT2D eigenvalue weighted by Gasteiger charge is 2.03. The number of nitro groups is 1. The molecule has 0 unspecified atom stereocenters. The Morgan fingerprint density at radius 1 is 1.27 bits per heavy atom. The summed E-state index contributed by atoms with van der Waals surface area (Å²) in [5.74, 6) is 0.651. The van der Waals surface area contributed by atoms with Crippen LogP contribution < -0.4 is 10.5 Å². The average molecular weight is 210 g/mol. The summed E-state index contributed by atoms with van der Waals surface area (Å²) in [6, 6.07) is 6.05. The number of ether oxygens (including phenoxy) is 1. The normalized spacial score (nSPS) is 9.93. The molecule has 5 heteroatoms. The fourth-order valence-electron chi connectivity index (χ4n) is 1.10. The predicted molar refractivity (Wildman–Crippen MR) is 56.9 cm³/mol. The summed E-state index contributed by atoms with van der Waals surface area (Å²) >= 11 is 0. The minimum Gasteiger partial charge on any atom is -0.494 e. The van der Waals surface area contributed by atoms with Crippen LogP contribution >= 0.6 is 0 Å². The lowest BCUT2D eigenvalue weighted by atomic mass is 10.3. The lowest BCUT2D eigenvalue weighted by molar-refractivity contribution is -0.384. The van der Waals surface area contributed by atoms with E-state index in [4.69, 9.17) is 10.5 Å². The number of hydrogen-bond acceptors (Lipinski definition) is 4. The molecule has 0 amide bonds. The summed E-state index contributed by atoms with van der Waals surface area (Å²) in [7, 11) is 0. The highest BCUT2D eigenvalue weighted by atomic mass is 16.6. The molecule has 0 saturated heterocycles. The van der Waals surface area contributed by atoms with Crippen molar-refractivity contribution in [1.82, 2.24) is 0 Å². The SMILES string of the molecule is NCCCCOc1ccc([N+](=O)[O-])cc1. The number of nitro benzene ring substituents is 1. The maximum atomic E-state index is 10.4. The van der Waals surface area contributed by atoms with Crippen LogP contribution in [0.1, 0.15) is 12.8 Å². The van der Waals surface area contributed by atoms with Gasteiger partial charge in [0.15, 0.2) is 0 Å². The molecule has 0 bridgehead atoms. The largest absolute Gasteiger partial charge is 0.494 e. The van der Waals surface area contributed by atoms with Gasteiger partial charge in [0.25, 0.3) is 5.69 Å². The second-order valence-electron chi connectivity index (χ2n) is 3.10. The minimum absolute atomic E-state index is 0.0734. The monoisotopic (exact) mass is 210 g/mol. The third-order valence-corrected chi connectivity index (χ3v) is 1.91. The van der Waals surface area contributed by atoms with E-state index >= 15 is 0 Å². The fourth-order valence-corrected chi connectivity index (χ4v) is 1.10. The topological polar surface area (TPSA) is 78.4 Å². The van der Waals surface area contributed by atoms with E-state index in [-0.39, 0.29) is 5.69 Å². The van der Waals surface area contributed by atoms with Gasteiger partial charge in [-0.15, -0.1) is 0 Å². The molecule has 0 aliphatic rings. The summed E-state index contributed by atoms with van der Waals surface area (Å²) in [6.07, 6.45) is 1.82. The van der Waals surface area contributed by atoms with Crippen LogP contribution in [0.4, 0.5) is 5.69 Å². The molecule has 0 saturated carbocycles. The van der Waals surface area contributed by atoms with Gasteiger partial charge in [0, 0.05) is 12.1 Å². The van der Waals surface area contributed by atoms with Crippen molar-refractivity contribution >= 4 is 5.69 Å². The lowest BCUT2D eigenvalue weighted by Crippen LogP contribution is -2.03. The molecule has 0 atom stereocenters. The van der Waals surface area contributed by atoms with Gasteiger partial charge in [-0.1, -0.05) is 0 Å². The first-order valence-corrected chi connectivity index (χ1v) is 4.81. The van der Waals surface area contributed by atoms with Gasteiger partial charge >= 0.3 is 0 Å². The molecule has 2 N–H and O–H groups in total. The molecule has 0 heterocycles. The second-order valence-corrected chi connectivity index (χ2v) is 3.10. The first-order valence-electron chi connectivity index (χ1n) is 4.81. The number of benzene rings is 1. The smallest absolute Gasteiger partial charge is 0.269 e. The zero-order valence-corrected chi connectivity index (χ0v) is 8.39. The van der Waals surface area contributed by atoms with Crippen LogP contribution in [0.15, 0.2) is 24.3 Å². The van der Waals surface area contributed by atoms with Gasteiger partial charge in [0.05, 0.1) is 11.5 Å². The molecule has 0 aliphatic heterocycles. The predicted octanol–water partition coefficient (Wildman–Crippen LogP) is 1.71. The van der Waals surface area contributed by atoms with Crippen LogP contribution in [-0.4, -0.2) is 18.1 Å². The number of nitrogens with zero attached hydrogens (tertiary/aromatic N) is 1. The van der Waals surface area contributed by atoms with Crippen molar-refractivity contribution in [2.75, 3.05) is 13.2 Å². The molecule has 0 radical (unpaired) electrons. The highest BCUT2D eigenvalue weighted by Crippen LogP contribution is 2.17. The van der Waals surface area contributed by atoms with Gasteiger partial charge in [-0.3, -0.25) is 10.1 Å². The van der Waals surface area contributed by atoms with Crippen molar-refractivity contribution < 1.29 is 9.66 Å². The van der Waals surface area contributed by atoms with Crippen molar-refractivity contribution in [3.8, 4) is 5.75 Å². The third-order valence-electron chi connectivity index (χ3n) is 1.91. The Labute approximate surface area is 88.0 Å². The second kappa shape index (κ2) is 5.98. The first-order chi connectivity index (χ1) is 7.24. The molecule has 82 valence electrons. The molecular formula is C10H14N2O3. The zero-order chi connectivity index (χ0) is 11.1. The summed E-state index contributed by atoms with van der Waals surface area (Å²) in [5, 5.41) is 10.4. The van der Waals surface area contributed by atoms with E-state index in [1.165, 1.54) is 12.1 Å². The maximum Gasteiger partial charge on any atom is 0.269 e. The molecule has 0 aliphatic carbocycles. The van der Waals surface area contributed by atoms with Crippen LogP contribution in [0.25, 0.3) is 0 Å². The molecule has 1 rings (SSSR count). The number of hydrogen-bond donors (Lipinski definition) is 1. The van der Waals surface area contributed by atoms with E-state index < -0.39 is 4.92 Å². The number of unbranched alkanes of at least 4 members (excludes halogenated alkanes) is 1. The van der Waals surface area contributed by atoms with E-state index in [0.717, 1.165) is 12.8 Å². The van der Waals surface area contributed by atoms with Crippen LogP contribution in [0.5, 0.6) is 5.75 Å². The van der Waals surface area contributed by atoms with Gasteiger partial charge in [0.2, 0.25) is 0 Å². The Kier molecular flexibility index (Phi) is 4.56. The van der Waals surface area contributed by atoms with Crippen LogP contribution in [-0.2, 0) is 0 Å². The summed E-state index contributed by atoms with van der Waals surface area (Å²) in [4.78, 5) is 9.93. The standard InChI is InChI=1S/C10H14N2O3/c11-7-1-2-8-15-10-5-3-9(4-6-10)12(13)14/h3-6H,1-2,7-8,11H2. The lowest BCUT2D eigenvalue weighted by Gasteiger charge is -2.04. The van der Waals surface area contributed by atoms with Gasteiger partial charge < -0.3 is 10.5 Å². The number of rotatable bonds is 6. The Morgan fingerprint density at radius 3 is 2.47 bits per heavy atom. The molecule has 15 heavy (non-hydrogen) atoms. The third kappa shape index (κ3) is 3.95. The number of nitrogens with two attached hydrogens (primary N) is 1. The molecule has 5 nitrogen and oxygen atoms in total. The Bertz CT molecular complexity index is 311. The summed E-state index contributed by atoms with van der Waals surface area (Å²) in [6.45, 7) is 1.25. The fraction of sp³-hybridized carbons (Fsp3) is 0.400. The van der Waals surface area contributed by atoms with E-state index in [0.29, 0.717) is 18.9 Å². The van der Waals surface area contributed by atoms with E-state index in [1.807, 2.05) is 0 Å². The Balaban J connectivity index is 2.39. The molecule has 0 fully saturated rings. The molecule has 1 aromatic rings. The van der Waals surface area contributed by atoms with Crippen molar-refractivity contribution in [3.05, 3.63) is 34.4 Å². The quantitative estimate of drug-likeness (QED) is 0.440. The highest BCUT2D eigenvalue weighted by molar-refractivity contribution is 5.35. The van der Waals surface area contributed by atoms with Crippen molar-refractivity contribution in [2.45, 2.75) is 12.8 Å². The number of non-ortho nitro benzene ring substituents is 1. The van der Waals surface area contributed by atoms with Gasteiger partial charge in [-0.2, -0.15) is 0 Å². The van der Waals surface area contributed by atoms with E-state index in [2.05, 4.69) is 0 Å². The molecule has 0 spiro atoms. The van der Waals surface area contributed by atoms with E-state index in [9.17, 15) is 10.1 Å². The van der Waals surface area contributed by atoms with Gasteiger partial charge in [0.1, 0.15) is 5.75 Å². The Morgan fingerprint density at radius 2 is 1.93 bits per heavy atom. The Hall–Kier alpha value is -1.62. The zero-order valence-electron chi connectivity index (χ0n) is 8.39. The van der Waals surface area contributed by atoms with Crippen molar-refractivity contribution in [2.24, 2.45) is 5.73 Å². The van der Waals surface area contributed by atoms with Crippen LogP contribution in [0.3, 0.4) is 0 Å². The molecule has 1 aromatic carbocycles. The minimum atomic E-state index is -0.432.